The van der Waals surface area contributed by atoms with Crippen LogP contribution >= 0.6 is 34.9 Å². The topological polar surface area (TPSA) is 114 Å². The number of pyridine rings is 1. The van der Waals surface area contributed by atoms with Gasteiger partial charge in [-0.3, -0.25) is 19.5 Å². The molecule has 0 bridgehead atoms. The highest BCUT2D eigenvalue weighted by atomic mass is 32.2. The molecule has 2 aromatic heterocycles. The first-order valence-corrected chi connectivity index (χ1v) is 23.2. The molecule has 2 N–H and O–H groups in total. The zero-order valence-corrected chi connectivity index (χ0v) is 36.3. The lowest BCUT2D eigenvalue weighted by Gasteiger charge is -2.49. The van der Waals surface area contributed by atoms with Crippen LogP contribution in [0.25, 0.3) is 0 Å². The van der Waals surface area contributed by atoms with Gasteiger partial charge >= 0.3 is 5.97 Å². The number of allylic oxidation sites excluding steroid dienone is 1. The van der Waals surface area contributed by atoms with Gasteiger partial charge in [0.05, 0.1) is 12.1 Å². The molecule has 2 atom stereocenters. The maximum Gasteiger partial charge on any atom is 0.356 e. The van der Waals surface area contributed by atoms with Crippen molar-refractivity contribution >= 4 is 57.8 Å². The van der Waals surface area contributed by atoms with E-state index in [9.17, 15) is 14.4 Å². The maximum atomic E-state index is 14.4. The largest absolute Gasteiger partial charge is 0.448 e. The molecular formula is C51H41N5O4S3. The van der Waals surface area contributed by atoms with Gasteiger partial charge in [0, 0.05) is 28.4 Å². The molecule has 312 valence electrons. The molecular weight excluding hydrogens is 843 g/mol. The molecule has 1 fully saturated rings. The van der Waals surface area contributed by atoms with Crippen LogP contribution in [-0.2, 0) is 31.1 Å². The zero-order chi connectivity index (χ0) is 43.0. The van der Waals surface area contributed by atoms with Crippen LogP contribution in [0.4, 0.5) is 5.13 Å². The third kappa shape index (κ3) is 8.96. The summed E-state index contributed by atoms with van der Waals surface area (Å²) in [6.45, 7) is 0. The van der Waals surface area contributed by atoms with Gasteiger partial charge < -0.3 is 15.4 Å². The summed E-state index contributed by atoms with van der Waals surface area (Å²) < 4.78 is 6.33. The van der Waals surface area contributed by atoms with Crippen molar-refractivity contribution in [3.8, 4) is 0 Å². The fraction of sp³-hybridized carbons (Fsp3) is 0.118. The van der Waals surface area contributed by atoms with E-state index in [-0.39, 0.29) is 23.9 Å². The van der Waals surface area contributed by atoms with Crippen molar-refractivity contribution in [2.75, 3.05) is 11.1 Å². The van der Waals surface area contributed by atoms with Gasteiger partial charge in [-0.15, -0.1) is 23.1 Å². The molecule has 0 radical (unpaired) electrons. The third-order valence-electron chi connectivity index (χ3n) is 10.9. The highest BCUT2D eigenvalue weighted by Crippen LogP contribution is 2.43. The summed E-state index contributed by atoms with van der Waals surface area (Å²) in [5.41, 5.74) is 5.33. The molecule has 63 heavy (non-hydrogen) atoms. The number of carbonyl (C=O) groups is 3. The Kier molecular flexibility index (Phi) is 12.6. The molecule has 12 heteroatoms. The van der Waals surface area contributed by atoms with Gasteiger partial charge in [0.25, 0.3) is 5.91 Å². The monoisotopic (exact) mass is 883 g/mol. The van der Waals surface area contributed by atoms with E-state index in [1.807, 2.05) is 144 Å². The molecule has 2 aliphatic rings. The SMILES string of the molecule is O=C(Cc1csc(NC(c2ccccc2)(c2ccccc2)c2ccccc2)n1)NC1C(=O)N2C(C(=O)OC(c3ccccc3)c3ccccc3)=C(C=CSc3ccncc3)CS[C@H]12. The lowest BCUT2D eigenvalue weighted by Crippen LogP contribution is -2.70. The van der Waals surface area contributed by atoms with Gasteiger partial charge in [0.2, 0.25) is 5.91 Å². The number of ether oxygens (including phenoxy) is 1. The second-order valence-corrected chi connectivity index (χ2v) is 17.8. The minimum absolute atomic E-state index is 0.0326. The van der Waals surface area contributed by atoms with E-state index < -0.39 is 29.0 Å². The average molecular weight is 884 g/mol. The predicted octanol–water partition coefficient (Wildman–Crippen LogP) is 9.78. The Morgan fingerprint density at radius 3 is 1.87 bits per heavy atom. The molecule has 2 aliphatic heterocycles. The molecule has 4 heterocycles. The van der Waals surface area contributed by atoms with Gasteiger partial charge in [-0.2, -0.15) is 0 Å². The Hall–Kier alpha value is -6.73. The number of hydrogen-bond donors (Lipinski definition) is 2. The minimum Gasteiger partial charge on any atom is -0.448 e. The van der Waals surface area contributed by atoms with Crippen LogP contribution in [0.5, 0.6) is 0 Å². The van der Waals surface area contributed by atoms with Gasteiger partial charge in [0.15, 0.2) is 11.2 Å². The summed E-state index contributed by atoms with van der Waals surface area (Å²) in [4.78, 5) is 53.8. The fourth-order valence-electron chi connectivity index (χ4n) is 7.89. The molecule has 1 unspecified atom stereocenters. The first-order chi connectivity index (χ1) is 31.0. The normalized spacial score (nSPS) is 16.1. The lowest BCUT2D eigenvalue weighted by molar-refractivity contribution is -0.154. The Balaban J connectivity index is 0.941. The van der Waals surface area contributed by atoms with Crippen molar-refractivity contribution in [3.05, 3.63) is 238 Å². The number of aromatic nitrogens is 2. The predicted molar refractivity (Wildman–Crippen MR) is 251 cm³/mol. The van der Waals surface area contributed by atoms with E-state index in [1.54, 1.807) is 12.4 Å². The number of amides is 2. The number of esters is 1. The molecule has 0 spiro atoms. The Bertz CT molecular complexity index is 2600. The quantitative estimate of drug-likeness (QED) is 0.0450. The van der Waals surface area contributed by atoms with Crippen LogP contribution in [0.1, 0.15) is 39.6 Å². The van der Waals surface area contributed by atoms with Gasteiger partial charge in [-0.05, 0) is 57.0 Å². The summed E-state index contributed by atoms with van der Waals surface area (Å²) in [5, 5.41) is 10.6. The Labute approximate surface area is 378 Å². The highest BCUT2D eigenvalue weighted by molar-refractivity contribution is 8.02. The molecule has 5 aromatic carbocycles. The first kappa shape index (κ1) is 41.6. The molecule has 9 nitrogen and oxygen atoms in total. The van der Waals surface area contributed by atoms with E-state index in [0.717, 1.165) is 32.7 Å². The van der Waals surface area contributed by atoms with E-state index in [4.69, 9.17) is 9.72 Å². The second kappa shape index (κ2) is 19.1. The molecule has 1 saturated heterocycles. The van der Waals surface area contributed by atoms with E-state index in [1.165, 1.54) is 39.8 Å². The second-order valence-electron chi connectivity index (χ2n) is 14.8. The van der Waals surface area contributed by atoms with Crippen LogP contribution in [0.2, 0.25) is 0 Å². The highest BCUT2D eigenvalue weighted by Gasteiger charge is 2.54. The van der Waals surface area contributed by atoms with Crippen LogP contribution in [0.3, 0.4) is 0 Å². The van der Waals surface area contributed by atoms with Gasteiger partial charge in [-0.25, -0.2) is 9.78 Å². The van der Waals surface area contributed by atoms with E-state index in [0.29, 0.717) is 22.2 Å². The lowest BCUT2D eigenvalue weighted by atomic mass is 9.77. The summed E-state index contributed by atoms with van der Waals surface area (Å²) >= 11 is 4.40. The van der Waals surface area contributed by atoms with Crippen molar-refractivity contribution in [1.82, 2.24) is 20.2 Å². The molecule has 7 aromatic rings. The maximum absolute atomic E-state index is 14.4. The summed E-state index contributed by atoms with van der Waals surface area (Å²) in [6.07, 6.45) is 4.56. The summed E-state index contributed by atoms with van der Waals surface area (Å²) in [7, 11) is 0. The van der Waals surface area contributed by atoms with Gasteiger partial charge in [0.1, 0.15) is 22.7 Å². The van der Waals surface area contributed by atoms with Gasteiger partial charge in [-0.1, -0.05) is 163 Å². The van der Waals surface area contributed by atoms with Crippen LogP contribution < -0.4 is 10.6 Å². The molecule has 0 aliphatic carbocycles. The summed E-state index contributed by atoms with van der Waals surface area (Å²) in [6, 6.07) is 52.8. The van der Waals surface area contributed by atoms with Crippen LogP contribution in [0, 0.1) is 0 Å². The number of nitrogens with one attached hydrogen (secondary N) is 2. The minimum atomic E-state index is -0.834. The average Bonchev–Trinajstić information content (AvgIpc) is 3.79. The zero-order valence-electron chi connectivity index (χ0n) is 33.8. The molecule has 0 saturated carbocycles. The third-order valence-corrected chi connectivity index (χ3v) is 13.8. The number of thiazole rings is 1. The van der Waals surface area contributed by atoms with Crippen molar-refractivity contribution in [2.24, 2.45) is 0 Å². The van der Waals surface area contributed by atoms with E-state index >= 15 is 0 Å². The molecule has 2 amide bonds. The number of thioether (sulfide) groups is 2. The number of carbonyl (C=O) groups excluding carboxylic acids is 3. The van der Waals surface area contributed by atoms with Crippen LogP contribution in [0.15, 0.2) is 209 Å². The number of anilines is 1. The molecule has 9 rings (SSSR count). The number of nitrogens with zero attached hydrogens (tertiary/aromatic N) is 3. The van der Waals surface area contributed by atoms with Crippen molar-refractivity contribution in [1.29, 1.82) is 0 Å². The smallest absolute Gasteiger partial charge is 0.356 e. The number of benzene rings is 5. The van der Waals surface area contributed by atoms with E-state index in [2.05, 4.69) is 52.0 Å². The van der Waals surface area contributed by atoms with Crippen molar-refractivity contribution in [2.45, 2.75) is 34.4 Å². The first-order valence-electron chi connectivity index (χ1n) is 20.4. The number of β-lactam (4-membered cyclic amide) rings is 1. The summed E-state index contributed by atoms with van der Waals surface area (Å²) in [5.74, 6) is -0.917. The van der Waals surface area contributed by atoms with Crippen molar-refractivity contribution in [3.63, 3.8) is 0 Å². The number of fused-ring (bicyclic) bond motifs is 1. The number of rotatable bonds is 15. The number of hydrogen-bond acceptors (Lipinski definition) is 10. The Morgan fingerprint density at radius 1 is 0.778 bits per heavy atom. The van der Waals surface area contributed by atoms with Crippen LogP contribution in [-0.4, -0.2) is 49.8 Å². The fourth-order valence-corrected chi connectivity index (χ4v) is 10.6. The Morgan fingerprint density at radius 2 is 1.32 bits per heavy atom. The van der Waals surface area contributed by atoms with Crippen molar-refractivity contribution < 1.29 is 19.1 Å². The standard InChI is InChI=1S/C51H41N5O4S3/c57-43(32-41-34-63-50(53-41)55-51(38-20-10-3-11-21-38,39-22-12-4-13-23-39)40-24-14-5-15-25-40)54-44-47(58)56-45(37(33-62-48(44)56)28-31-61-42-26-29-52-30-27-42)49(59)60-46(35-16-6-1-7-17-35)36-18-8-2-9-19-36/h1-31,34,44,46,48H,32-33H2,(H,53,55)(H,54,57)/t44?,48-/m1/s1.